The third kappa shape index (κ3) is 2.10. The highest BCUT2D eigenvalue weighted by atomic mass is 32.1. The lowest BCUT2D eigenvalue weighted by molar-refractivity contribution is -0.119. The van der Waals surface area contributed by atoms with Crippen LogP contribution < -0.4 is 4.80 Å². The predicted molar refractivity (Wildman–Crippen MR) is 86.3 cm³/mol. The second-order valence-corrected chi connectivity index (χ2v) is 6.47. The van der Waals surface area contributed by atoms with Gasteiger partial charge in [-0.3, -0.25) is 4.79 Å². The largest absolute Gasteiger partial charge is 0.317 e. The van der Waals surface area contributed by atoms with Gasteiger partial charge in [-0.25, -0.2) is 0 Å². The molecule has 1 saturated carbocycles. The van der Waals surface area contributed by atoms with E-state index in [4.69, 9.17) is 0 Å². The van der Waals surface area contributed by atoms with Crippen LogP contribution in [0.1, 0.15) is 19.8 Å². The molecule has 1 amide bonds. The molecule has 0 aliphatic heterocycles. The van der Waals surface area contributed by atoms with Crippen LogP contribution in [-0.2, 0) is 11.3 Å². The number of aryl methyl sites for hydroxylation is 1. The summed E-state index contributed by atoms with van der Waals surface area (Å²) in [6, 6.07) is 12.7. The van der Waals surface area contributed by atoms with Crippen molar-refractivity contribution in [3.63, 3.8) is 0 Å². The predicted octanol–water partition coefficient (Wildman–Crippen LogP) is 3.71. The first-order valence-corrected chi connectivity index (χ1v) is 8.19. The zero-order valence-corrected chi connectivity index (χ0v) is 12.7. The van der Waals surface area contributed by atoms with Crippen molar-refractivity contribution in [2.24, 2.45) is 10.9 Å². The number of amides is 1. The van der Waals surface area contributed by atoms with Gasteiger partial charge in [0.1, 0.15) is 0 Å². The van der Waals surface area contributed by atoms with Crippen molar-refractivity contribution in [3.8, 4) is 0 Å². The molecule has 21 heavy (non-hydrogen) atoms. The van der Waals surface area contributed by atoms with Gasteiger partial charge in [-0.2, -0.15) is 4.99 Å². The number of nitrogens with zero attached hydrogens (tertiary/aromatic N) is 2. The Morgan fingerprint density at radius 3 is 2.86 bits per heavy atom. The summed E-state index contributed by atoms with van der Waals surface area (Å²) < 4.78 is 3.37. The molecule has 0 saturated heterocycles. The van der Waals surface area contributed by atoms with Gasteiger partial charge in [0.05, 0.1) is 10.2 Å². The standard InChI is InChI=1S/C17H16N2OS/c1-2-19-14-10-9-11-5-3-4-6-13(11)15(14)21-17(19)18-16(20)12-7-8-12/h3-6,9-10,12H,2,7-8H2,1H3. The van der Waals surface area contributed by atoms with Gasteiger partial charge in [0, 0.05) is 17.8 Å². The summed E-state index contributed by atoms with van der Waals surface area (Å²) >= 11 is 1.63. The molecule has 3 aromatic rings. The Morgan fingerprint density at radius 2 is 2.10 bits per heavy atom. The van der Waals surface area contributed by atoms with Gasteiger partial charge in [0.25, 0.3) is 5.91 Å². The molecule has 0 atom stereocenters. The Labute approximate surface area is 126 Å². The third-order valence-corrected chi connectivity index (χ3v) is 5.15. The third-order valence-electron chi connectivity index (χ3n) is 4.02. The van der Waals surface area contributed by atoms with E-state index in [2.05, 4.69) is 52.9 Å². The van der Waals surface area contributed by atoms with Crippen molar-refractivity contribution in [2.45, 2.75) is 26.3 Å². The molecule has 1 aliphatic rings. The quantitative estimate of drug-likeness (QED) is 0.710. The smallest absolute Gasteiger partial charge is 0.251 e. The lowest BCUT2D eigenvalue weighted by Crippen LogP contribution is -2.16. The maximum Gasteiger partial charge on any atom is 0.251 e. The summed E-state index contributed by atoms with van der Waals surface area (Å²) in [5, 5.41) is 2.47. The number of benzene rings is 2. The Hall–Kier alpha value is -1.94. The highest BCUT2D eigenvalue weighted by Crippen LogP contribution is 2.31. The number of fused-ring (bicyclic) bond motifs is 3. The first-order chi connectivity index (χ1) is 10.3. The number of carbonyl (C=O) groups is 1. The lowest BCUT2D eigenvalue weighted by Gasteiger charge is -2.02. The van der Waals surface area contributed by atoms with E-state index >= 15 is 0 Å². The minimum Gasteiger partial charge on any atom is -0.317 e. The Balaban J connectivity index is 2.03. The maximum absolute atomic E-state index is 12.0. The summed E-state index contributed by atoms with van der Waals surface area (Å²) in [7, 11) is 0. The van der Waals surface area contributed by atoms with E-state index in [9.17, 15) is 4.79 Å². The number of thiazole rings is 1. The molecule has 0 bridgehead atoms. The molecule has 1 heterocycles. The van der Waals surface area contributed by atoms with Crippen LogP contribution in [0, 0.1) is 5.92 Å². The summed E-state index contributed by atoms with van der Waals surface area (Å²) in [6.07, 6.45) is 2.00. The van der Waals surface area contributed by atoms with Gasteiger partial charge < -0.3 is 4.57 Å². The van der Waals surface area contributed by atoms with Crippen molar-refractivity contribution in [2.75, 3.05) is 0 Å². The Kier molecular flexibility index (Phi) is 2.93. The molecule has 0 spiro atoms. The van der Waals surface area contributed by atoms with E-state index in [1.165, 1.54) is 21.0 Å². The van der Waals surface area contributed by atoms with Gasteiger partial charge in [0.2, 0.25) is 0 Å². The van der Waals surface area contributed by atoms with E-state index in [1.54, 1.807) is 11.3 Å². The number of hydrogen-bond donors (Lipinski definition) is 0. The minimum absolute atomic E-state index is 0.0491. The number of aromatic nitrogens is 1. The van der Waals surface area contributed by atoms with Crippen LogP contribution in [0.2, 0.25) is 0 Å². The van der Waals surface area contributed by atoms with Gasteiger partial charge in [-0.05, 0) is 31.2 Å². The van der Waals surface area contributed by atoms with E-state index in [0.29, 0.717) is 0 Å². The summed E-state index contributed by atoms with van der Waals surface area (Å²) in [6.45, 7) is 2.93. The van der Waals surface area contributed by atoms with Crippen LogP contribution in [0.5, 0.6) is 0 Å². The van der Waals surface area contributed by atoms with Crippen molar-refractivity contribution in [1.29, 1.82) is 0 Å². The molecule has 2 aromatic carbocycles. The molecule has 0 radical (unpaired) electrons. The lowest BCUT2D eigenvalue weighted by atomic mass is 10.1. The molecule has 0 unspecified atom stereocenters. The fraction of sp³-hybridized carbons (Fsp3) is 0.294. The number of rotatable bonds is 2. The Bertz CT molecular complexity index is 915. The van der Waals surface area contributed by atoms with Gasteiger partial charge in [-0.1, -0.05) is 41.7 Å². The maximum atomic E-state index is 12.0. The van der Waals surface area contributed by atoms with Crippen LogP contribution in [0.25, 0.3) is 21.0 Å². The molecule has 1 fully saturated rings. The van der Waals surface area contributed by atoms with E-state index in [1.807, 2.05) is 0 Å². The second kappa shape index (κ2) is 4.81. The van der Waals surface area contributed by atoms with Gasteiger partial charge in [-0.15, -0.1) is 0 Å². The van der Waals surface area contributed by atoms with Crippen LogP contribution in [-0.4, -0.2) is 10.5 Å². The molecular formula is C17H16N2OS. The molecule has 4 heteroatoms. The van der Waals surface area contributed by atoms with Crippen molar-refractivity contribution >= 4 is 38.2 Å². The fourth-order valence-electron chi connectivity index (χ4n) is 2.71. The number of carbonyl (C=O) groups excluding carboxylic acids is 1. The van der Waals surface area contributed by atoms with Crippen molar-refractivity contribution < 1.29 is 4.79 Å². The van der Waals surface area contributed by atoms with Gasteiger partial charge in [0.15, 0.2) is 4.80 Å². The highest BCUT2D eigenvalue weighted by Gasteiger charge is 2.29. The van der Waals surface area contributed by atoms with E-state index < -0.39 is 0 Å². The monoisotopic (exact) mass is 296 g/mol. The summed E-state index contributed by atoms with van der Waals surface area (Å²) in [5.74, 6) is 0.227. The number of hydrogen-bond acceptors (Lipinski definition) is 2. The Morgan fingerprint density at radius 1 is 1.29 bits per heavy atom. The molecular weight excluding hydrogens is 280 g/mol. The molecule has 1 aromatic heterocycles. The summed E-state index contributed by atoms with van der Waals surface area (Å²) in [5.41, 5.74) is 1.17. The SMILES string of the molecule is CCn1c(=NC(=O)C2CC2)sc2c3ccccc3ccc21. The van der Waals surface area contributed by atoms with E-state index in [0.717, 1.165) is 24.2 Å². The molecule has 4 rings (SSSR count). The van der Waals surface area contributed by atoms with Crippen LogP contribution in [0.15, 0.2) is 41.4 Å². The van der Waals surface area contributed by atoms with Crippen molar-refractivity contribution in [1.82, 2.24) is 4.57 Å². The molecule has 0 N–H and O–H groups in total. The zero-order chi connectivity index (χ0) is 14.4. The fourth-order valence-corrected chi connectivity index (χ4v) is 3.94. The normalized spacial score (nSPS) is 16.0. The molecule has 106 valence electrons. The van der Waals surface area contributed by atoms with Crippen LogP contribution in [0.4, 0.5) is 0 Å². The second-order valence-electron chi connectivity index (χ2n) is 5.49. The minimum atomic E-state index is 0.0491. The highest BCUT2D eigenvalue weighted by molar-refractivity contribution is 7.17. The van der Waals surface area contributed by atoms with Crippen molar-refractivity contribution in [3.05, 3.63) is 41.2 Å². The zero-order valence-electron chi connectivity index (χ0n) is 11.9. The van der Waals surface area contributed by atoms with Gasteiger partial charge >= 0.3 is 0 Å². The molecule has 1 aliphatic carbocycles. The molecule has 3 nitrogen and oxygen atoms in total. The average molecular weight is 296 g/mol. The van der Waals surface area contributed by atoms with Crippen LogP contribution in [0.3, 0.4) is 0 Å². The first-order valence-electron chi connectivity index (χ1n) is 7.37. The first kappa shape index (κ1) is 12.8. The summed E-state index contributed by atoms with van der Waals surface area (Å²) in [4.78, 5) is 17.2. The van der Waals surface area contributed by atoms with Crippen LogP contribution >= 0.6 is 11.3 Å². The topological polar surface area (TPSA) is 34.4 Å². The average Bonchev–Trinajstić information content (AvgIpc) is 3.29. The van der Waals surface area contributed by atoms with E-state index in [-0.39, 0.29) is 11.8 Å².